The summed E-state index contributed by atoms with van der Waals surface area (Å²) in [6.07, 6.45) is 1.86. The monoisotopic (exact) mass is 431 g/mol. The third-order valence-electron chi connectivity index (χ3n) is 5.20. The lowest BCUT2D eigenvalue weighted by molar-refractivity contribution is 0.102. The van der Waals surface area contributed by atoms with E-state index in [2.05, 4.69) is 15.6 Å². The van der Waals surface area contributed by atoms with Crippen molar-refractivity contribution in [3.63, 3.8) is 0 Å². The van der Waals surface area contributed by atoms with Crippen LogP contribution in [0, 0.1) is 0 Å². The molecule has 2 amide bonds. The maximum atomic E-state index is 13.0. The minimum atomic E-state index is -0.446. The summed E-state index contributed by atoms with van der Waals surface area (Å²) in [6.45, 7) is 1.73. The molecule has 1 aliphatic heterocycles. The number of anilines is 3. The number of nitrogens with two attached hydrogens (primary N) is 1. The van der Waals surface area contributed by atoms with Crippen LogP contribution >= 0.6 is 0 Å². The van der Waals surface area contributed by atoms with Crippen molar-refractivity contribution in [1.29, 1.82) is 0 Å². The zero-order chi connectivity index (χ0) is 22.3. The number of para-hydroxylation sites is 2. The maximum Gasteiger partial charge on any atom is 0.414 e. The molecule has 0 radical (unpaired) electrons. The van der Waals surface area contributed by atoms with Crippen molar-refractivity contribution in [3.8, 4) is 0 Å². The van der Waals surface area contributed by atoms with Crippen molar-refractivity contribution in [1.82, 2.24) is 10.3 Å². The van der Waals surface area contributed by atoms with Crippen LogP contribution in [0.15, 0.2) is 72.9 Å². The van der Waals surface area contributed by atoms with Crippen LogP contribution in [0.25, 0.3) is 0 Å². The largest absolute Gasteiger partial charge is 0.444 e. The summed E-state index contributed by atoms with van der Waals surface area (Å²) in [5.41, 5.74) is 8.73. The molecule has 32 heavy (non-hydrogen) atoms. The van der Waals surface area contributed by atoms with Crippen molar-refractivity contribution in [2.45, 2.75) is 19.1 Å². The first-order valence-corrected chi connectivity index (χ1v) is 10.4. The van der Waals surface area contributed by atoms with Gasteiger partial charge in [0.25, 0.3) is 5.91 Å². The van der Waals surface area contributed by atoms with Crippen molar-refractivity contribution >= 4 is 29.1 Å². The van der Waals surface area contributed by atoms with Crippen LogP contribution in [0.5, 0.6) is 0 Å². The predicted molar refractivity (Wildman–Crippen MR) is 123 cm³/mol. The van der Waals surface area contributed by atoms with E-state index in [4.69, 9.17) is 10.5 Å². The van der Waals surface area contributed by atoms with Gasteiger partial charge in [0.2, 0.25) is 0 Å². The smallest absolute Gasteiger partial charge is 0.414 e. The molecule has 1 saturated heterocycles. The Bertz CT molecular complexity index is 1070. The molecule has 4 rings (SSSR count). The fraction of sp³-hybridized carbons (Fsp3) is 0.208. The van der Waals surface area contributed by atoms with Gasteiger partial charge in [-0.3, -0.25) is 14.7 Å². The molecule has 8 heteroatoms. The van der Waals surface area contributed by atoms with E-state index in [9.17, 15) is 9.59 Å². The Hall–Kier alpha value is -3.91. The van der Waals surface area contributed by atoms with E-state index < -0.39 is 6.09 Å². The number of hydrogen-bond donors (Lipinski definition) is 3. The van der Waals surface area contributed by atoms with Gasteiger partial charge in [-0.25, -0.2) is 4.79 Å². The number of aromatic nitrogens is 1. The number of nitrogens with zero attached hydrogens (tertiary/aromatic N) is 2. The number of amides is 2. The minimum absolute atomic E-state index is 0.157. The first kappa shape index (κ1) is 21.3. The summed E-state index contributed by atoms with van der Waals surface area (Å²) in [4.78, 5) is 31.4. The average molecular weight is 431 g/mol. The van der Waals surface area contributed by atoms with Crippen LogP contribution in [0.3, 0.4) is 0 Å². The molecule has 0 spiro atoms. The third-order valence-corrected chi connectivity index (χ3v) is 5.20. The Balaban J connectivity index is 1.51. The number of carbonyl (C=O) groups excluding carboxylic acids is 2. The molecule has 0 bridgehead atoms. The van der Waals surface area contributed by atoms with Gasteiger partial charge in [-0.1, -0.05) is 18.2 Å². The van der Waals surface area contributed by atoms with Gasteiger partial charge >= 0.3 is 6.09 Å². The number of carbonyl (C=O) groups is 2. The Labute approximate surface area is 186 Å². The van der Waals surface area contributed by atoms with E-state index >= 15 is 0 Å². The molecule has 2 aromatic carbocycles. The van der Waals surface area contributed by atoms with Gasteiger partial charge in [0, 0.05) is 24.0 Å². The molecular formula is C24H25N5O3. The van der Waals surface area contributed by atoms with E-state index in [1.54, 1.807) is 54.7 Å². The molecular weight excluding hydrogens is 406 g/mol. The molecule has 2 heterocycles. The van der Waals surface area contributed by atoms with Crippen LogP contribution < -0.4 is 21.3 Å². The number of nitrogens with one attached hydrogen (secondary N) is 2. The number of hydrogen-bond acceptors (Lipinski definition) is 6. The van der Waals surface area contributed by atoms with E-state index in [0.717, 1.165) is 18.7 Å². The topological polar surface area (TPSA) is 110 Å². The van der Waals surface area contributed by atoms with Crippen LogP contribution in [0.2, 0.25) is 0 Å². The highest BCUT2D eigenvalue weighted by atomic mass is 16.6. The Kier molecular flexibility index (Phi) is 6.62. The quantitative estimate of drug-likeness (QED) is 0.516. The fourth-order valence-electron chi connectivity index (χ4n) is 3.45. The van der Waals surface area contributed by atoms with E-state index in [-0.39, 0.29) is 18.6 Å². The van der Waals surface area contributed by atoms with E-state index in [1.807, 2.05) is 18.2 Å². The summed E-state index contributed by atoms with van der Waals surface area (Å²) in [7, 11) is 0. The van der Waals surface area contributed by atoms with Crippen LogP contribution in [-0.2, 0) is 11.3 Å². The molecule has 3 aromatic rings. The van der Waals surface area contributed by atoms with E-state index in [0.29, 0.717) is 29.2 Å². The summed E-state index contributed by atoms with van der Waals surface area (Å²) in [5.74, 6) is -0.287. The van der Waals surface area contributed by atoms with Crippen molar-refractivity contribution in [2.75, 3.05) is 29.0 Å². The maximum absolute atomic E-state index is 13.0. The zero-order valence-corrected chi connectivity index (χ0v) is 17.5. The number of nitrogen functional groups attached to an aromatic ring is 1. The molecule has 0 aliphatic carbocycles. The normalized spacial score (nSPS) is 15.2. The SMILES string of the molecule is Nc1ccccc1NC(=O)c1ccc(N(Cc2ccccn2)C(=O)O[C@H]2CCNC2)cc1. The van der Waals surface area contributed by atoms with Gasteiger partial charge in [0.1, 0.15) is 6.10 Å². The van der Waals surface area contributed by atoms with Crippen molar-refractivity contribution < 1.29 is 14.3 Å². The lowest BCUT2D eigenvalue weighted by Gasteiger charge is -2.24. The molecule has 8 nitrogen and oxygen atoms in total. The molecule has 4 N–H and O–H groups in total. The third kappa shape index (κ3) is 5.22. The average Bonchev–Trinajstić information content (AvgIpc) is 3.33. The lowest BCUT2D eigenvalue weighted by Crippen LogP contribution is -2.35. The summed E-state index contributed by atoms with van der Waals surface area (Å²) in [6, 6.07) is 19.4. The highest BCUT2D eigenvalue weighted by Crippen LogP contribution is 2.22. The van der Waals surface area contributed by atoms with Crippen LogP contribution in [0.4, 0.5) is 21.9 Å². The molecule has 164 valence electrons. The van der Waals surface area contributed by atoms with Crippen LogP contribution in [0.1, 0.15) is 22.5 Å². The number of ether oxygens (including phenoxy) is 1. The standard InChI is InChI=1S/C24H25N5O3/c25-21-6-1-2-7-22(21)28-23(30)17-8-10-19(11-9-17)29(16-18-5-3-4-13-27-18)24(31)32-20-12-14-26-15-20/h1-11,13,20,26H,12,14-16,25H2,(H,28,30)/t20-/m0/s1. The second kappa shape index (κ2) is 9.93. The summed E-state index contributed by atoms with van der Waals surface area (Å²) in [5, 5.41) is 5.99. The first-order chi connectivity index (χ1) is 15.6. The first-order valence-electron chi connectivity index (χ1n) is 10.4. The second-order valence-electron chi connectivity index (χ2n) is 7.49. The minimum Gasteiger partial charge on any atom is -0.444 e. The van der Waals surface area contributed by atoms with Crippen molar-refractivity contribution in [2.24, 2.45) is 0 Å². The van der Waals surface area contributed by atoms with Crippen LogP contribution in [-0.4, -0.2) is 36.2 Å². The zero-order valence-electron chi connectivity index (χ0n) is 17.5. The van der Waals surface area contributed by atoms with Gasteiger partial charge in [0.05, 0.1) is 23.6 Å². The highest BCUT2D eigenvalue weighted by molar-refractivity contribution is 6.06. The van der Waals surface area contributed by atoms with Gasteiger partial charge < -0.3 is 21.1 Å². The molecule has 0 unspecified atom stereocenters. The number of benzene rings is 2. The fourth-order valence-corrected chi connectivity index (χ4v) is 3.45. The summed E-state index contributed by atoms with van der Waals surface area (Å²) < 4.78 is 5.67. The molecule has 1 fully saturated rings. The molecule has 1 aromatic heterocycles. The number of pyridine rings is 1. The van der Waals surface area contributed by atoms with Gasteiger partial charge in [-0.15, -0.1) is 0 Å². The van der Waals surface area contributed by atoms with Gasteiger partial charge in [-0.2, -0.15) is 0 Å². The lowest BCUT2D eigenvalue weighted by atomic mass is 10.1. The van der Waals surface area contributed by atoms with Gasteiger partial charge in [-0.05, 0) is 61.5 Å². The van der Waals surface area contributed by atoms with E-state index in [1.165, 1.54) is 4.90 Å². The van der Waals surface area contributed by atoms with Gasteiger partial charge in [0.15, 0.2) is 0 Å². The highest BCUT2D eigenvalue weighted by Gasteiger charge is 2.24. The summed E-state index contributed by atoms with van der Waals surface area (Å²) >= 11 is 0. The predicted octanol–water partition coefficient (Wildman–Crippen LogP) is 3.42. The molecule has 0 saturated carbocycles. The Morgan fingerprint density at radius 1 is 1.09 bits per heavy atom. The van der Waals surface area contributed by atoms with Crippen molar-refractivity contribution in [3.05, 3.63) is 84.2 Å². The second-order valence-corrected chi connectivity index (χ2v) is 7.49. The molecule has 1 aliphatic rings. The Morgan fingerprint density at radius 2 is 1.88 bits per heavy atom. The molecule has 1 atom stereocenters. The Morgan fingerprint density at radius 3 is 2.56 bits per heavy atom. The number of rotatable bonds is 6.